The van der Waals surface area contributed by atoms with Gasteiger partial charge in [0.15, 0.2) is 12.6 Å². The molecule has 1 saturated carbocycles. The van der Waals surface area contributed by atoms with Gasteiger partial charge in [0.1, 0.15) is 36.6 Å². The van der Waals surface area contributed by atoms with Crippen LogP contribution in [0, 0.1) is 0 Å². The van der Waals surface area contributed by atoms with Crippen LogP contribution in [-0.4, -0.2) is 121 Å². The van der Waals surface area contributed by atoms with Crippen LogP contribution in [0.2, 0.25) is 0 Å². The van der Waals surface area contributed by atoms with Crippen LogP contribution in [0.1, 0.15) is 19.3 Å². The van der Waals surface area contributed by atoms with Crippen LogP contribution < -0.4 is 28.7 Å². The van der Waals surface area contributed by atoms with Crippen molar-refractivity contribution in [1.82, 2.24) is 0 Å². The summed E-state index contributed by atoms with van der Waals surface area (Å²) in [6.07, 6.45) is -9.82. The maximum Gasteiger partial charge on any atom is 0.397 e. The Kier molecular flexibility index (Phi) is 9.80. The fourth-order valence-corrected chi connectivity index (χ4v) is 5.09. The molecule has 0 aromatic rings. The summed E-state index contributed by atoms with van der Waals surface area (Å²) in [6.45, 7) is -0.433. The summed E-state index contributed by atoms with van der Waals surface area (Å²) in [6, 6.07) is -3.56. The predicted octanol–water partition coefficient (Wildman–Crippen LogP) is -5.44. The molecule has 1 aliphatic carbocycles. The lowest BCUT2D eigenvalue weighted by Gasteiger charge is -2.47. The van der Waals surface area contributed by atoms with Crippen LogP contribution >= 0.6 is 0 Å². The SMILES string of the molecule is NC[C@@H]1CC[C@@H](N)[C@@H](O[C@H]2[C@@H](O)[C@@H](O[C@@H]3O[C@H](CO)[C@@H](O)[C@H](N)[C@H]3OS(=O)(=O)O)[C@H](N)C[C@@H]2N)O1. The minimum atomic E-state index is -5.05. The summed E-state index contributed by atoms with van der Waals surface area (Å²) >= 11 is 0. The smallest absolute Gasteiger partial charge is 0.394 e. The summed E-state index contributed by atoms with van der Waals surface area (Å²) in [5.41, 5.74) is 30.0. The second-order valence-electron chi connectivity index (χ2n) is 9.14. The van der Waals surface area contributed by atoms with Gasteiger partial charge in [-0.3, -0.25) is 4.55 Å². The first-order valence-electron chi connectivity index (χ1n) is 11.3. The van der Waals surface area contributed by atoms with E-state index < -0.39 is 90.4 Å². The highest BCUT2D eigenvalue weighted by Crippen LogP contribution is 2.31. The summed E-state index contributed by atoms with van der Waals surface area (Å²) in [5.74, 6) is 0. The highest BCUT2D eigenvalue weighted by atomic mass is 32.3. The zero-order chi connectivity index (χ0) is 26.1. The fraction of sp³-hybridized carbons (Fsp3) is 1.00. The Labute approximate surface area is 202 Å². The lowest BCUT2D eigenvalue weighted by molar-refractivity contribution is -0.309. The van der Waals surface area contributed by atoms with Crippen molar-refractivity contribution in [2.75, 3.05) is 13.2 Å². The Morgan fingerprint density at radius 3 is 2.00 bits per heavy atom. The van der Waals surface area contributed by atoms with Gasteiger partial charge in [-0.2, -0.15) is 8.42 Å². The van der Waals surface area contributed by atoms with Gasteiger partial charge in [-0.1, -0.05) is 0 Å². The van der Waals surface area contributed by atoms with E-state index in [2.05, 4.69) is 4.18 Å². The van der Waals surface area contributed by atoms with E-state index >= 15 is 0 Å². The molecule has 2 heterocycles. The van der Waals surface area contributed by atoms with Gasteiger partial charge in [0.2, 0.25) is 0 Å². The number of hydrogen-bond donors (Lipinski definition) is 9. The molecule has 0 aromatic carbocycles. The first kappa shape index (κ1) is 29.0. The molecule has 0 radical (unpaired) electrons. The second-order valence-corrected chi connectivity index (χ2v) is 10.2. The molecule has 0 unspecified atom stereocenters. The number of ether oxygens (including phenoxy) is 4. The minimum absolute atomic E-state index is 0.114. The molecule has 3 fully saturated rings. The molecule has 3 rings (SSSR count). The van der Waals surface area contributed by atoms with Crippen LogP contribution in [0.15, 0.2) is 0 Å². The molecule has 0 aromatic heterocycles. The lowest BCUT2D eigenvalue weighted by atomic mass is 9.84. The van der Waals surface area contributed by atoms with Crippen molar-refractivity contribution < 1.29 is 51.4 Å². The zero-order valence-corrected chi connectivity index (χ0v) is 19.8. The standard InChI is InChI=1S/C18H37N5O11S/c19-4-6-1-2-7(20)17(30-6)32-14-8(21)3-9(22)15(13(14)26)33-18-16(34-35(27,28)29)11(23)12(25)10(5-24)31-18/h6-18,24-26H,1-5,19-23H2,(H,27,28,29)/t6-,7+,8-,9+,10+,11-,12+,13+,14+,15-,16+,17+,18-/m0/s1. The molecular weight excluding hydrogens is 494 g/mol. The van der Waals surface area contributed by atoms with Gasteiger partial charge < -0.3 is 62.9 Å². The fourth-order valence-electron chi connectivity index (χ4n) is 4.59. The maximum atomic E-state index is 11.4. The number of aliphatic hydroxyl groups is 3. The summed E-state index contributed by atoms with van der Waals surface area (Å²) < 4.78 is 59.3. The lowest BCUT2D eigenvalue weighted by Crippen LogP contribution is -2.68. The summed E-state index contributed by atoms with van der Waals surface area (Å²) in [4.78, 5) is 0. The largest absolute Gasteiger partial charge is 0.397 e. The highest BCUT2D eigenvalue weighted by molar-refractivity contribution is 7.80. The Balaban J connectivity index is 1.78. The third-order valence-corrected chi connectivity index (χ3v) is 7.01. The van der Waals surface area contributed by atoms with Crippen LogP contribution in [0.25, 0.3) is 0 Å². The molecular formula is C18H37N5O11S. The Morgan fingerprint density at radius 2 is 1.46 bits per heavy atom. The average molecular weight is 532 g/mol. The molecule has 206 valence electrons. The predicted molar refractivity (Wildman–Crippen MR) is 117 cm³/mol. The number of aliphatic hydroxyl groups excluding tert-OH is 3. The van der Waals surface area contributed by atoms with E-state index in [9.17, 15) is 23.7 Å². The molecule has 16 nitrogen and oxygen atoms in total. The van der Waals surface area contributed by atoms with Gasteiger partial charge in [-0.15, -0.1) is 0 Å². The van der Waals surface area contributed by atoms with Crippen LogP contribution in [0.4, 0.5) is 0 Å². The molecule has 0 spiro atoms. The van der Waals surface area contributed by atoms with Crippen molar-refractivity contribution in [3.05, 3.63) is 0 Å². The molecule has 3 aliphatic rings. The van der Waals surface area contributed by atoms with Gasteiger partial charge in [-0.05, 0) is 19.3 Å². The molecule has 0 bridgehead atoms. The van der Waals surface area contributed by atoms with Crippen molar-refractivity contribution >= 4 is 10.4 Å². The van der Waals surface area contributed by atoms with Crippen molar-refractivity contribution in [2.24, 2.45) is 28.7 Å². The summed E-state index contributed by atoms with van der Waals surface area (Å²) in [5, 5.41) is 30.8. The van der Waals surface area contributed by atoms with E-state index in [0.29, 0.717) is 12.8 Å². The quantitative estimate of drug-likeness (QED) is 0.132. The normalized spacial score (nSPS) is 47.5. The van der Waals surface area contributed by atoms with Crippen molar-refractivity contribution in [2.45, 2.75) is 98.7 Å². The molecule has 2 aliphatic heterocycles. The maximum absolute atomic E-state index is 11.4. The van der Waals surface area contributed by atoms with Crippen molar-refractivity contribution in [3.63, 3.8) is 0 Å². The number of nitrogens with two attached hydrogens (primary N) is 5. The third kappa shape index (κ3) is 6.83. The van der Waals surface area contributed by atoms with Crippen LogP contribution in [0.5, 0.6) is 0 Å². The van der Waals surface area contributed by atoms with Gasteiger partial charge in [0, 0.05) is 18.6 Å². The molecule has 13 atom stereocenters. The third-order valence-electron chi connectivity index (χ3n) is 6.55. The van der Waals surface area contributed by atoms with Crippen molar-refractivity contribution in [3.8, 4) is 0 Å². The molecule has 14 N–H and O–H groups in total. The van der Waals surface area contributed by atoms with E-state index in [1.807, 2.05) is 0 Å². The Hall–Kier alpha value is -0.610. The first-order chi connectivity index (χ1) is 16.4. The van der Waals surface area contributed by atoms with Crippen LogP contribution in [-0.2, 0) is 33.5 Å². The minimum Gasteiger partial charge on any atom is -0.394 e. The average Bonchev–Trinajstić information content (AvgIpc) is 2.78. The van der Waals surface area contributed by atoms with E-state index in [-0.39, 0.29) is 19.1 Å². The van der Waals surface area contributed by atoms with Gasteiger partial charge in [0.05, 0.1) is 24.8 Å². The Bertz CT molecular complexity index is 797. The topological polar surface area (TPSA) is 291 Å². The van der Waals surface area contributed by atoms with E-state index in [0.717, 1.165) is 0 Å². The first-order valence-corrected chi connectivity index (χ1v) is 12.7. The molecule has 17 heteroatoms. The van der Waals surface area contributed by atoms with E-state index in [1.165, 1.54) is 0 Å². The molecule has 2 saturated heterocycles. The number of rotatable bonds is 8. The monoisotopic (exact) mass is 531 g/mol. The number of hydrogen-bond acceptors (Lipinski definition) is 15. The zero-order valence-electron chi connectivity index (χ0n) is 19.0. The second kappa shape index (κ2) is 11.8. The molecule has 0 amide bonds. The van der Waals surface area contributed by atoms with Gasteiger partial charge in [-0.25, -0.2) is 4.18 Å². The molecule has 35 heavy (non-hydrogen) atoms. The van der Waals surface area contributed by atoms with Gasteiger partial charge in [0.25, 0.3) is 0 Å². The van der Waals surface area contributed by atoms with E-state index in [1.54, 1.807) is 0 Å². The highest BCUT2D eigenvalue weighted by Gasteiger charge is 2.51. The van der Waals surface area contributed by atoms with Crippen LogP contribution in [0.3, 0.4) is 0 Å². The van der Waals surface area contributed by atoms with Gasteiger partial charge >= 0.3 is 10.4 Å². The summed E-state index contributed by atoms with van der Waals surface area (Å²) in [7, 11) is -5.05. The Morgan fingerprint density at radius 1 is 0.857 bits per heavy atom. The van der Waals surface area contributed by atoms with E-state index in [4.69, 9.17) is 52.2 Å². The van der Waals surface area contributed by atoms with Crippen molar-refractivity contribution in [1.29, 1.82) is 0 Å².